The SMILES string of the molecule is Cc1ccc(N2CC[C@H]3C[C@@H](C(=O)NCc4ccco4)O[C@@H]3C2)nn1.O=C(O)C(F)(F)F. The third-order valence-electron chi connectivity index (χ3n) is 5.21. The molecule has 0 bridgehead atoms. The van der Waals surface area contributed by atoms with E-state index in [1.165, 1.54) is 0 Å². The number of fused-ring (bicyclic) bond motifs is 1. The van der Waals surface area contributed by atoms with E-state index in [1.807, 2.05) is 31.2 Å². The molecule has 0 radical (unpaired) electrons. The highest BCUT2D eigenvalue weighted by molar-refractivity contribution is 5.81. The Morgan fingerprint density at radius 2 is 2.03 bits per heavy atom. The molecule has 12 heteroatoms. The zero-order chi connectivity index (χ0) is 23.3. The number of carboxylic acids is 1. The topological polar surface area (TPSA) is 118 Å². The van der Waals surface area contributed by atoms with Crippen LogP contribution in [0.5, 0.6) is 0 Å². The summed E-state index contributed by atoms with van der Waals surface area (Å²) in [5.74, 6) is -0.778. The van der Waals surface area contributed by atoms with Crippen LogP contribution in [0.15, 0.2) is 34.9 Å². The Labute approximate surface area is 181 Å². The van der Waals surface area contributed by atoms with Crippen LogP contribution in [0, 0.1) is 12.8 Å². The van der Waals surface area contributed by atoms with Crippen molar-refractivity contribution in [3.05, 3.63) is 42.0 Å². The molecule has 0 aliphatic carbocycles. The van der Waals surface area contributed by atoms with Gasteiger partial charge in [-0.15, -0.1) is 5.10 Å². The summed E-state index contributed by atoms with van der Waals surface area (Å²) < 4.78 is 43.0. The maximum Gasteiger partial charge on any atom is 0.490 e. The minimum atomic E-state index is -5.08. The largest absolute Gasteiger partial charge is 0.490 e. The minimum absolute atomic E-state index is 0.0625. The summed E-state index contributed by atoms with van der Waals surface area (Å²) in [6, 6.07) is 7.61. The third kappa shape index (κ3) is 6.19. The molecular formula is C20H23F3N4O5. The minimum Gasteiger partial charge on any atom is -0.475 e. The first-order chi connectivity index (χ1) is 15.1. The predicted molar refractivity (Wildman–Crippen MR) is 105 cm³/mol. The molecule has 2 aliphatic heterocycles. The summed E-state index contributed by atoms with van der Waals surface area (Å²) in [6.45, 7) is 3.99. The van der Waals surface area contributed by atoms with Gasteiger partial charge in [-0.1, -0.05) is 0 Å². The average molecular weight is 456 g/mol. The summed E-state index contributed by atoms with van der Waals surface area (Å²) in [4.78, 5) is 23.4. The highest BCUT2D eigenvalue weighted by atomic mass is 19.4. The molecule has 0 saturated carbocycles. The number of halogens is 3. The Balaban J connectivity index is 0.000000360. The molecular weight excluding hydrogens is 433 g/mol. The Morgan fingerprint density at radius 3 is 2.62 bits per heavy atom. The van der Waals surface area contributed by atoms with Crippen molar-refractivity contribution in [1.29, 1.82) is 0 Å². The molecule has 3 atom stereocenters. The number of aromatic nitrogens is 2. The molecule has 0 spiro atoms. The fourth-order valence-electron chi connectivity index (χ4n) is 3.57. The second-order valence-electron chi connectivity index (χ2n) is 7.53. The lowest BCUT2D eigenvalue weighted by molar-refractivity contribution is -0.192. The number of piperidine rings is 1. The van der Waals surface area contributed by atoms with Crippen molar-refractivity contribution in [2.24, 2.45) is 5.92 Å². The monoisotopic (exact) mass is 456 g/mol. The lowest BCUT2D eigenvalue weighted by Crippen LogP contribution is -2.43. The van der Waals surface area contributed by atoms with Crippen molar-refractivity contribution in [3.63, 3.8) is 0 Å². The number of hydrogen-bond acceptors (Lipinski definition) is 7. The summed E-state index contributed by atoms with van der Waals surface area (Å²) in [7, 11) is 0. The fraction of sp³-hybridized carbons (Fsp3) is 0.500. The maximum atomic E-state index is 12.4. The first-order valence-electron chi connectivity index (χ1n) is 9.94. The van der Waals surface area contributed by atoms with Crippen LogP contribution in [-0.2, 0) is 20.9 Å². The molecule has 0 unspecified atom stereocenters. The quantitative estimate of drug-likeness (QED) is 0.720. The molecule has 2 fully saturated rings. The smallest absolute Gasteiger partial charge is 0.475 e. The number of carbonyl (C=O) groups excluding carboxylic acids is 1. The van der Waals surface area contributed by atoms with E-state index in [0.29, 0.717) is 12.5 Å². The molecule has 32 heavy (non-hydrogen) atoms. The maximum absolute atomic E-state index is 12.4. The molecule has 2 aliphatic rings. The van der Waals surface area contributed by atoms with E-state index in [1.54, 1.807) is 6.26 Å². The van der Waals surface area contributed by atoms with E-state index in [-0.39, 0.29) is 18.1 Å². The lowest BCUT2D eigenvalue weighted by Gasteiger charge is -2.34. The van der Waals surface area contributed by atoms with Crippen LogP contribution in [0.25, 0.3) is 0 Å². The molecule has 0 aromatic carbocycles. The van der Waals surface area contributed by atoms with E-state index in [4.69, 9.17) is 19.1 Å². The number of furan rings is 1. The number of hydrogen-bond donors (Lipinski definition) is 2. The van der Waals surface area contributed by atoms with Gasteiger partial charge in [0.1, 0.15) is 11.9 Å². The Kier molecular flexibility index (Phi) is 7.33. The van der Waals surface area contributed by atoms with E-state index in [9.17, 15) is 18.0 Å². The number of amides is 1. The first-order valence-corrected chi connectivity index (χ1v) is 9.94. The van der Waals surface area contributed by atoms with Gasteiger partial charge in [-0.2, -0.15) is 18.3 Å². The Morgan fingerprint density at radius 1 is 1.28 bits per heavy atom. The number of aliphatic carboxylic acids is 1. The summed E-state index contributed by atoms with van der Waals surface area (Å²) in [5, 5.41) is 18.4. The number of carboxylic acid groups (broad SMARTS) is 1. The van der Waals surface area contributed by atoms with Crippen molar-refractivity contribution >= 4 is 17.7 Å². The summed E-state index contributed by atoms with van der Waals surface area (Å²) in [5.41, 5.74) is 0.907. The van der Waals surface area contributed by atoms with Crippen LogP contribution < -0.4 is 10.2 Å². The third-order valence-corrected chi connectivity index (χ3v) is 5.21. The number of anilines is 1. The molecule has 4 rings (SSSR count). The van der Waals surface area contributed by atoms with Crippen LogP contribution in [0.4, 0.5) is 19.0 Å². The van der Waals surface area contributed by atoms with Crippen molar-refractivity contribution < 1.29 is 37.0 Å². The molecule has 2 aromatic rings. The van der Waals surface area contributed by atoms with Gasteiger partial charge in [0, 0.05) is 13.1 Å². The van der Waals surface area contributed by atoms with Gasteiger partial charge in [-0.3, -0.25) is 4.79 Å². The van der Waals surface area contributed by atoms with Crippen molar-refractivity contribution in [2.45, 2.75) is 44.7 Å². The summed E-state index contributed by atoms with van der Waals surface area (Å²) >= 11 is 0. The first kappa shape index (κ1) is 23.5. The van der Waals surface area contributed by atoms with Gasteiger partial charge in [-0.05, 0) is 49.9 Å². The predicted octanol–water partition coefficient (Wildman–Crippen LogP) is 2.31. The van der Waals surface area contributed by atoms with Gasteiger partial charge in [0.05, 0.1) is 24.6 Å². The van der Waals surface area contributed by atoms with Gasteiger partial charge in [0.15, 0.2) is 5.82 Å². The number of ether oxygens (including phenoxy) is 1. The van der Waals surface area contributed by atoms with Crippen LogP contribution in [0.3, 0.4) is 0 Å². The molecule has 1 amide bonds. The van der Waals surface area contributed by atoms with E-state index in [0.717, 1.165) is 43.2 Å². The standard InChI is InChI=1S/C18H22N4O3.C2HF3O2/c1-12-4-5-17(21-20-12)22-7-6-13-9-15(25-16(13)11-22)18(23)19-10-14-3-2-8-24-14;3-2(4,5)1(6)7/h2-5,8,13,15-16H,6-7,9-11H2,1H3,(H,19,23);(H,6,7)/t13-,15-,16+;/m0./s1. The van der Waals surface area contributed by atoms with Crippen LogP contribution in [0.1, 0.15) is 24.3 Å². The van der Waals surface area contributed by atoms with Crippen molar-refractivity contribution in [2.75, 3.05) is 18.0 Å². The van der Waals surface area contributed by atoms with Gasteiger partial charge in [-0.25, -0.2) is 4.79 Å². The van der Waals surface area contributed by atoms with Crippen molar-refractivity contribution in [3.8, 4) is 0 Å². The van der Waals surface area contributed by atoms with E-state index >= 15 is 0 Å². The van der Waals surface area contributed by atoms with Gasteiger partial charge in [0.2, 0.25) is 5.91 Å². The average Bonchev–Trinajstić information content (AvgIpc) is 3.41. The van der Waals surface area contributed by atoms with Crippen LogP contribution >= 0.6 is 0 Å². The number of rotatable bonds is 4. The molecule has 9 nitrogen and oxygen atoms in total. The summed E-state index contributed by atoms with van der Waals surface area (Å²) in [6.07, 6.45) is -2.01. The lowest BCUT2D eigenvalue weighted by atomic mass is 9.91. The molecule has 2 N–H and O–H groups in total. The second-order valence-corrected chi connectivity index (χ2v) is 7.53. The zero-order valence-electron chi connectivity index (χ0n) is 17.2. The molecule has 2 aromatic heterocycles. The number of carbonyl (C=O) groups is 2. The molecule has 174 valence electrons. The number of nitrogens with one attached hydrogen (secondary N) is 1. The fourth-order valence-corrected chi connectivity index (χ4v) is 3.57. The Bertz CT molecular complexity index is 905. The number of alkyl halides is 3. The number of aryl methyl sites for hydroxylation is 1. The highest BCUT2D eigenvalue weighted by Crippen LogP contribution is 2.34. The van der Waals surface area contributed by atoms with Gasteiger partial charge < -0.3 is 24.5 Å². The molecule has 2 saturated heterocycles. The Hall–Kier alpha value is -3.15. The highest BCUT2D eigenvalue weighted by Gasteiger charge is 2.42. The van der Waals surface area contributed by atoms with Crippen LogP contribution in [-0.4, -0.2) is 58.7 Å². The number of nitrogens with zero attached hydrogens (tertiary/aromatic N) is 3. The van der Waals surface area contributed by atoms with Crippen LogP contribution in [0.2, 0.25) is 0 Å². The zero-order valence-corrected chi connectivity index (χ0v) is 17.2. The van der Waals surface area contributed by atoms with Gasteiger partial charge in [0.25, 0.3) is 0 Å². The van der Waals surface area contributed by atoms with Crippen molar-refractivity contribution in [1.82, 2.24) is 15.5 Å². The van der Waals surface area contributed by atoms with Gasteiger partial charge >= 0.3 is 12.1 Å². The van der Waals surface area contributed by atoms with E-state index in [2.05, 4.69) is 20.4 Å². The van der Waals surface area contributed by atoms with E-state index < -0.39 is 12.1 Å². The normalized spacial score (nSPS) is 22.5. The second kappa shape index (κ2) is 9.98. The molecule has 4 heterocycles.